The number of nitriles is 1. The third kappa shape index (κ3) is 1.90. The Kier molecular flexibility index (Phi) is 2.63. The van der Waals surface area contributed by atoms with Crippen molar-refractivity contribution in [2.75, 3.05) is 0 Å². The third-order valence-electron chi connectivity index (χ3n) is 2.12. The monoisotopic (exact) mass is 235 g/mol. The van der Waals surface area contributed by atoms with Gasteiger partial charge < -0.3 is 0 Å². The van der Waals surface area contributed by atoms with E-state index in [1.807, 2.05) is 6.07 Å². The minimum atomic E-state index is -0.474. The van der Waals surface area contributed by atoms with Gasteiger partial charge in [-0.25, -0.2) is 9.07 Å². The Morgan fingerprint density at radius 3 is 2.75 bits per heavy atom. The van der Waals surface area contributed by atoms with Crippen LogP contribution in [0.25, 0.3) is 5.69 Å². The zero-order chi connectivity index (χ0) is 11.7. The molecule has 2 aromatic rings. The summed E-state index contributed by atoms with van der Waals surface area (Å²) in [6.07, 6.45) is 1.58. The summed E-state index contributed by atoms with van der Waals surface area (Å²) in [5, 5.41) is 13.3. The highest BCUT2D eigenvalue weighted by molar-refractivity contribution is 6.31. The molecule has 0 saturated heterocycles. The summed E-state index contributed by atoms with van der Waals surface area (Å²) >= 11 is 5.85. The van der Waals surface area contributed by atoms with Crippen molar-refractivity contribution in [2.24, 2.45) is 0 Å². The number of hydrogen-bond donors (Lipinski definition) is 0. The van der Waals surface area contributed by atoms with Crippen LogP contribution in [0, 0.1) is 24.1 Å². The average molecular weight is 236 g/mol. The van der Waals surface area contributed by atoms with Gasteiger partial charge in [0.1, 0.15) is 5.82 Å². The van der Waals surface area contributed by atoms with Crippen LogP contribution in [-0.2, 0) is 0 Å². The topological polar surface area (TPSA) is 41.6 Å². The van der Waals surface area contributed by atoms with E-state index in [4.69, 9.17) is 16.9 Å². The Labute approximate surface area is 96.7 Å². The van der Waals surface area contributed by atoms with Gasteiger partial charge in [0.15, 0.2) is 0 Å². The van der Waals surface area contributed by atoms with Crippen molar-refractivity contribution in [1.29, 1.82) is 5.26 Å². The van der Waals surface area contributed by atoms with Gasteiger partial charge in [0.2, 0.25) is 0 Å². The van der Waals surface area contributed by atoms with Gasteiger partial charge in [0, 0.05) is 6.20 Å². The number of hydrogen-bond acceptors (Lipinski definition) is 2. The molecule has 80 valence electrons. The second-order valence-corrected chi connectivity index (χ2v) is 3.72. The quantitative estimate of drug-likeness (QED) is 0.763. The summed E-state index contributed by atoms with van der Waals surface area (Å²) in [6.45, 7) is 1.75. The molecule has 0 aliphatic carbocycles. The summed E-state index contributed by atoms with van der Waals surface area (Å²) < 4.78 is 14.6. The summed E-state index contributed by atoms with van der Waals surface area (Å²) in [6, 6.07) is 5.90. The molecule has 0 atom stereocenters. The number of nitrogens with zero attached hydrogens (tertiary/aromatic N) is 3. The molecule has 0 amide bonds. The highest BCUT2D eigenvalue weighted by Crippen LogP contribution is 2.18. The SMILES string of the molecule is Cc1nn(-c2cc(F)cc(C#N)c2)cc1Cl. The Morgan fingerprint density at radius 1 is 1.44 bits per heavy atom. The number of halogens is 2. The van der Waals surface area contributed by atoms with E-state index in [2.05, 4.69) is 5.10 Å². The van der Waals surface area contributed by atoms with E-state index in [1.165, 1.54) is 16.8 Å². The molecule has 0 radical (unpaired) electrons. The fourth-order valence-electron chi connectivity index (χ4n) is 1.34. The van der Waals surface area contributed by atoms with Gasteiger partial charge >= 0.3 is 0 Å². The van der Waals surface area contributed by atoms with Crippen molar-refractivity contribution in [2.45, 2.75) is 6.92 Å². The summed E-state index contributed by atoms with van der Waals surface area (Å²) in [5.41, 5.74) is 1.38. The second-order valence-electron chi connectivity index (χ2n) is 3.32. The third-order valence-corrected chi connectivity index (χ3v) is 2.49. The van der Waals surface area contributed by atoms with E-state index in [0.717, 1.165) is 0 Å². The minimum Gasteiger partial charge on any atom is -0.239 e. The van der Waals surface area contributed by atoms with E-state index in [-0.39, 0.29) is 5.56 Å². The minimum absolute atomic E-state index is 0.249. The first kappa shape index (κ1) is 10.7. The van der Waals surface area contributed by atoms with Crippen molar-refractivity contribution in [3.63, 3.8) is 0 Å². The molecule has 1 aromatic carbocycles. The van der Waals surface area contributed by atoms with Crippen LogP contribution >= 0.6 is 11.6 Å². The molecule has 2 rings (SSSR count). The molecule has 0 aliphatic rings. The number of aryl methyl sites for hydroxylation is 1. The molecule has 3 nitrogen and oxygen atoms in total. The Hall–Kier alpha value is -1.86. The molecule has 0 saturated carbocycles. The van der Waals surface area contributed by atoms with E-state index >= 15 is 0 Å². The predicted molar refractivity (Wildman–Crippen MR) is 58.0 cm³/mol. The van der Waals surface area contributed by atoms with E-state index in [0.29, 0.717) is 16.4 Å². The van der Waals surface area contributed by atoms with Crippen LogP contribution in [0.2, 0.25) is 5.02 Å². The molecular weight excluding hydrogens is 229 g/mol. The van der Waals surface area contributed by atoms with Gasteiger partial charge in [-0.3, -0.25) is 0 Å². The Balaban J connectivity index is 2.56. The molecule has 0 unspecified atom stereocenters. The van der Waals surface area contributed by atoms with E-state index in [9.17, 15) is 4.39 Å². The van der Waals surface area contributed by atoms with Crippen LogP contribution in [0.4, 0.5) is 4.39 Å². The molecule has 0 spiro atoms. The first-order valence-electron chi connectivity index (χ1n) is 4.53. The van der Waals surface area contributed by atoms with Crippen molar-refractivity contribution in [1.82, 2.24) is 9.78 Å². The van der Waals surface area contributed by atoms with Gasteiger partial charge in [0.05, 0.1) is 28.0 Å². The first-order valence-corrected chi connectivity index (χ1v) is 4.91. The standard InChI is InChI=1S/C11H7ClFN3/c1-7-11(12)6-16(15-7)10-3-8(5-14)2-9(13)4-10/h2-4,6H,1H3. The van der Waals surface area contributed by atoms with Gasteiger partial charge in [0.25, 0.3) is 0 Å². The molecule has 0 N–H and O–H groups in total. The van der Waals surface area contributed by atoms with E-state index < -0.39 is 5.82 Å². The zero-order valence-corrected chi connectivity index (χ0v) is 9.16. The second kappa shape index (κ2) is 3.95. The lowest BCUT2D eigenvalue weighted by molar-refractivity contribution is 0.625. The summed E-state index contributed by atoms with van der Waals surface area (Å²) in [7, 11) is 0. The van der Waals surface area contributed by atoms with Crippen LogP contribution in [0.3, 0.4) is 0 Å². The fourth-order valence-corrected chi connectivity index (χ4v) is 1.47. The molecule has 5 heteroatoms. The number of rotatable bonds is 1. The lowest BCUT2D eigenvalue weighted by atomic mass is 10.2. The molecule has 0 aliphatic heterocycles. The van der Waals surface area contributed by atoms with E-state index in [1.54, 1.807) is 19.2 Å². The van der Waals surface area contributed by atoms with Crippen molar-refractivity contribution < 1.29 is 4.39 Å². The molecular formula is C11H7ClFN3. The van der Waals surface area contributed by atoms with Crippen molar-refractivity contribution in [3.8, 4) is 11.8 Å². The molecule has 0 bridgehead atoms. The number of aromatic nitrogens is 2. The zero-order valence-electron chi connectivity index (χ0n) is 8.41. The molecule has 0 fully saturated rings. The highest BCUT2D eigenvalue weighted by atomic mass is 35.5. The molecule has 1 heterocycles. The first-order chi connectivity index (χ1) is 7.60. The van der Waals surface area contributed by atoms with Crippen LogP contribution in [0.1, 0.15) is 11.3 Å². The normalized spacial score (nSPS) is 10.1. The molecule has 16 heavy (non-hydrogen) atoms. The smallest absolute Gasteiger partial charge is 0.126 e. The van der Waals surface area contributed by atoms with Gasteiger partial charge in [-0.15, -0.1) is 0 Å². The summed E-state index contributed by atoms with van der Waals surface area (Å²) in [4.78, 5) is 0. The van der Waals surface area contributed by atoms with Crippen molar-refractivity contribution >= 4 is 11.6 Å². The average Bonchev–Trinajstić information content (AvgIpc) is 2.58. The van der Waals surface area contributed by atoms with Crippen LogP contribution < -0.4 is 0 Å². The largest absolute Gasteiger partial charge is 0.239 e. The summed E-state index contributed by atoms with van der Waals surface area (Å²) in [5.74, 6) is -0.474. The van der Waals surface area contributed by atoms with Crippen LogP contribution in [0.15, 0.2) is 24.4 Å². The van der Waals surface area contributed by atoms with Gasteiger partial charge in [-0.1, -0.05) is 11.6 Å². The highest BCUT2D eigenvalue weighted by Gasteiger charge is 2.06. The van der Waals surface area contributed by atoms with Gasteiger partial charge in [-0.05, 0) is 25.1 Å². The van der Waals surface area contributed by atoms with Crippen LogP contribution in [0.5, 0.6) is 0 Å². The van der Waals surface area contributed by atoms with Crippen molar-refractivity contribution in [3.05, 3.63) is 46.5 Å². The number of benzene rings is 1. The maximum Gasteiger partial charge on any atom is 0.126 e. The predicted octanol–water partition coefficient (Wildman–Crippen LogP) is 2.84. The lowest BCUT2D eigenvalue weighted by Gasteiger charge is -2.01. The maximum absolute atomic E-state index is 13.2. The Morgan fingerprint density at radius 2 is 2.19 bits per heavy atom. The fraction of sp³-hybridized carbons (Fsp3) is 0.0909. The van der Waals surface area contributed by atoms with Crippen LogP contribution in [-0.4, -0.2) is 9.78 Å². The maximum atomic E-state index is 13.2. The van der Waals surface area contributed by atoms with Gasteiger partial charge in [-0.2, -0.15) is 10.4 Å². The Bertz CT molecular complexity index is 564. The lowest BCUT2D eigenvalue weighted by Crippen LogP contribution is -1.96. The molecule has 1 aromatic heterocycles.